The molecule has 9 heteroatoms. The number of methoxy groups -OCH3 is 1. The van der Waals surface area contributed by atoms with Crippen molar-refractivity contribution in [2.24, 2.45) is 0 Å². The van der Waals surface area contributed by atoms with Crippen LogP contribution in [0.25, 0.3) is 0 Å². The van der Waals surface area contributed by atoms with Crippen molar-refractivity contribution in [2.75, 3.05) is 26.0 Å². The van der Waals surface area contributed by atoms with Gasteiger partial charge < -0.3 is 26.0 Å². The van der Waals surface area contributed by atoms with Crippen LogP contribution in [0.5, 0.6) is 5.75 Å². The van der Waals surface area contributed by atoms with Crippen LogP contribution >= 0.6 is 11.8 Å². The lowest BCUT2D eigenvalue weighted by Gasteiger charge is -2.16. The van der Waals surface area contributed by atoms with Crippen LogP contribution in [0, 0.1) is 0 Å². The highest BCUT2D eigenvalue weighted by atomic mass is 32.2. The molecule has 8 nitrogen and oxygen atoms in total. The van der Waals surface area contributed by atoms with Crippen molar-refractivity contribution in [3.8, 4) is 5.75 Å². The molecule has 1 aromatic rings. The van der Waals surface area contributed by atoms with Gasteiger partial charge in [-0.25, -0.2) is 4.79 Å². The van der Waals surface area contributed by atoms with E-state index in [0.29, 0.717) is 36.1 Å². The minimum atomic E-state index is -0.178. The van der Waals surface area contributed by atoms with E-state index in [-0.39, 0.29) is 29.9 Å². The lowest BCUT2D eigenvalue weighted by molar-refractivity contribution is -0.121. The zero-order valence-corrected chi connectivity index (χ0v) is 17.3. The maximum atomic E-state index is 12.0. The Bertz CT molecular complexity index is 728. The Hall–Kier alpha value is -2.42. The molecule has 0 spiro atoms. The molecule has 158 valence electrons. The molecule has 3 rings (SSSR count). The first-order valence-electron chi connectivity index (χ1n) is 9.94. The number of hydrogen-bond donors (Lipinski definition) is 4. The van der Waals surface area contributed by atoms with Crippen molar-refractivity contribution in [3.05, 3.63) is 29.8 Å². The first-order chi connectivity index (χ1) is 14.1. The van der Waals surface area contributed by atoms with Gasteiger partial charge in [-0.15, -0.1) is 0 Å². The highest BCUT2D eigenvalue weighted by Gasteiger charge is 2.42. The smallest absolute Gasteiger partial charge is 0.315 e. The van der Waals surface area contributed by atoms with Gasteiger partial charge in [0.05, 0.1) is 19.2 Å². The number of fused-ring (bicyclic) bond motifs is 1. The second-order valence-corrected chi connectivity index (χ2v) is 8.47. The minimum Gasteiger partial charge on any atom is -0.497 e. The Kier molecular flexibility index (Phi) is 7.62. The summed E-state index contributed by atoms with van der Waals surface area (Å²) in [7, 11) is 1.58. The molecule has 2 aliphatic rings. The molecule has 2 heterocycles. The highest BCUT2D eigenvalue weighted by molar-refractivity contribution is 8.00. The SMILES string of the molecule is COc1ccc(C(=O)NCCNC(=O)CCCC[C@@H]2SC[C@@H]3NC(=O)N[C@@H]32)cc1. The number of carbonyl (C=O) groups excluding carboxylic acids is 3. The fourth-order valence-corrected chi connectivity index (χ4v) is 5.13. The molecule has 29 heavy (non-hydrogen) atoms. The first-order valence-corrected chi connectivity index (χ1v) is 11.0. The third-order valence-corrected chi connectivity index (χ3v) is 6.67. The van der Waals surface area contributed by atoms with E-state index in [9.17, 15) is 14.4 Å². The Balaban J connectivity index is 1.23. The standard InChI is InChI=1S/C20H28N4O4S/c1-28-14-8-6-13(7-9-14)19(26)22-11-10-21-17(25)5-3-2-4-16-18-15(12-29-16)23-20(27)24-18/h6-9,15-16,18H,2-5,10-12H2,1H3,(H,21,25)(H,22,26)(H2,23,24,27)/t15-,16-,18-/m0/s1. The molecule has 2 fully saturated rings. The summed E-state index contributed by atoms with van der Waals surface area (Å²) in [6.07, 6.45) is 3.25. The Labute approximate surface area is 174 Å². The Morgan fingerprint density at radius 1 is 1.14 bits per heavy atom. The molecular weight excluding hydrogens is 392 g/mol. The molecule has 2 aliphatic heterocycles. The van der Waals surface area contributed by atoms with E-state index < -0.39 is 0 Å². The van der Waals surface area contributed by atoms with E-state index in [4.69, 9.17) is 4.74 Å². The fraction of sp³-hybridized carbons (Fsp3) is 0.550. The zero-order chi connectivity index (χ0) is 20.6. The number of amides is 4. The number of hydrogen-bond acceptors (Lipinski definition) is 5. The molecule has 0 radical (unpaired) electrons. The lowest BCUT2D eigenvalue weighted by atomic mass is 10.0. The van der Waals surface area contributed by atoms with Crippen molar-refractivity contribution < 1.29 is 19.1 Å². The second-order valence-electron chi connectivity index (χ2n) is 7.20. The number of unbranched alkanes of at least 4 members (excludes halogenated alkanes) is 1. The average molecular weight is 421 g/mol. The molecule has 0 saturated carbocycles. The van der Waals surface area contributed by atoms with Gasteiger partial charge >= 0.3 is 6.03 Å². The monoisotopic (exact) mass is 420 g/mol. The predicted molar refractivity (Wildman–Crippen MR) is 112 cm³/mol. The van der Waals surface area contributed by atoms with Gasteiger partial charge in [0, 0.05) is 36.1 Å². The van der Waals surface area contributed by atoms with Gasteiger partial charge in [0.1, 0.15) is 5.75 Å². The Morgan fingerprint density at radius 2 is 1.90 bits per heavy atom. The average Bonchev–Trinajstić information content (AvgIpc) is 3.27. The number of nitrogens with one attached hydrogen (secondary N) is 4. The second kappa shape index (κ2) is 10.4. The van der Waals surface area contributed by atoms with E-state index in [1.165, 1.54) is 0 Å². The zero-order valence-electron chi connectivity index (χ0n) is 16.5. The molecule has 2 saturated heterocycles. The van der Waals surface area contributed by atoms with E-state index in [1.54, 1.807) is 31.4 Å². The van der Waals surface area contributed by atoms with Crippen LogP contribution in [0.3, 0.4) is 0 Å². The lowest BCUT2D eigenvalue weighted by Crippen LogP contribution is -2.36. The van der Waals surface area contributed by atoms with E-state index in [0.717, 1.165) is 25.0 Å². The topological polar surface area (TPSA) is 109 Å². The summed E-state index contributed by atoms with van der Waals surface area (Å²) in [6, 6.07) is 7.26. The maximum Gasteiger partial charge on any atom is 0.315 e. The van der Waals surface area contributed by atoms with Gasteiger partial charge in [-0.3, -0.25) is 9.59 Å². The van der Waals surface area contributed by atoms with Crippen LogP contribution in [0.15, 0.2) is 24.3 Å². The van der Waals surface area contributed by atoms with Crippen molar-refractivity contribution >= 4 is 29.6 Å². The van der Waals surface area contributed by atoms with E-state index in [1.807, 2.05) is 11.8 Å². The van der Waals surface area contributed by atoms with Crippen LogP contribution in [-0.2, 0) is 4.79 Å². The van der Waals surface area contributed by atoms with Crippen LogP contribution in [-0.4, -0.2) is 61.1 Å². The number of rotatable bonds is 10. The van der Waals surface area contributed by atoms with Crippen molar-refractivity contribution in [1.82, 2.24) is 21.3 Å². The third kappa shape index (κ3) is 6.03. The molecule has 0 unspecified atom stereocenters. The van der Waals surface area contributed by atoms with Crippen LogP contribution < -0.4 is 26.0 Å². The molecular formula is C20H28N4O4S. The van der Waals surface area contributed by atoms with Gasteiger partial charge in [-0.2, -0.15) is 11.8 Å². The van der Waals surface area contributed by atoms with Crippen LogP contribution in [0.4, 0.5) is 4.79 Å². The van der Waals surface area contributed by atoms with E-state index >= 15 is 0 Å². The van der Waals surface area contributed by atoms with Gasteiger partial charge in [0.2, 0.25) is 5.91 Å². The van der Waals surface area contributed by atoms with Crippen molar-refractivity contribution in [2.45, 2.75) is 43.0 Å². The molecule has 3 atom stereocenters. The summed E-state index contributed by atoms with van der Waals surface area (Å²) in [5.41, 5.74) is 0.554. The first kappa shape index (κ1) is 21.3. The van der Waals surface area contributed by atoms with Gasteiger partial charge in [0.25, 0.3) is 5.91 Å². The summed E-state index contributed by atoms with van der Waals surface area (Å²) in [6.45, 7) is 0.783. The van der Waals surface area contributed by atoms with Crippen LogP contribution in [0.1, 0.15) is 36.0 Å². The molecule has 0 bridgehead atoms. The summed E-state index contributed by atoms with van der Waals surface area (Å²) in [4.78, 5) is 35.3. The minimum absolute atomic E-state index is 0.00326. The third-order valence-electron chi connectivity index (χ3n) is 5.17. The largest absolute Gasteiger partial charge is 0.497 e. The van der Waals surface area contributed by atoms with E-state index in [2.05, 4.69) is 21.3 Å². The molecule has 4 N–H and O–H groups in total. The number of urea groups is 1. The van der Waals surface area contributed by atoms with Gasteiger partial charge in [-0.05, 0) is 37.1 Å². The van der Waals surface area contributed by atoms with Crippen molar-refractivity contribution in [1.29, 1.82) is 0 Å². The molecule has 0 aliphatic carbocycles. The Morgan fingerprint density at radius 3 is 2.66 bits per heavy atom. The predicted octanol–water partition coefficient (Wildman–Crippen LogP) is 1.27. The number of benzene rings is 1. The quantitative estimate of drug-likeness (QED) is 0.337. The summed E-state index contributed by atoms with van der Waals surface area (Å²) in [5, 5.41) is 12.0. The number of carbonyl (C=O) groups is 3. The number of ether oxygens (including phenoxy) is 1. The van der Waals surface area contributed by atoms with Gasteiger partial charge in [-0.1, -0.05) is 6.42 Å². The molecule has 4 amide bonds. The molecule has 1 aromatic carbocycles. The molecule has 0 aromatic heterocycles. The summed E-state index contributed by atoms with van der Waals surface area (Å²) < 4.78 is 5.07. The maximum absolute atomic E-state index is 12.0. The summed E-state index contributed by atoms with van der Waals surface area (Å²) in [5.74, 6) is 1.47. The normalized spacial score (nSPS) is 22.4. The number of thioether (sulfide) groups is 1. The van der Waals surface area contributed by atoms with Crippen LogP contribution in [0.2, 0.25) is 0 Å². The summed E-state index contributed by atoms with van der Waals surface area (Å²) >= 11 is 1.89. The highest BCUT2D eigenvalue weighted by Crippen LogP contribution is 2.33. The van der Waals surface area contributed by atoms with Crippen molar-refractivity contribution in [3.63, 3.8) is 0 Å². The fourth-order valence-electron chi connectivity index (χ4n) is 3.58. The van der Waals surface area contributed by atoms with Gasteiger partial charge in [0.15, 0.2) is 0 Å².